The molecule has 0 spiro atoms. The van der Waals surface area contributed by atoms with Gasteiger partial charge in [0.25, 0.3) is 0 Å². The molecule has 7 heavy (non-hydrogen) atoms. The van der Waals surface area contributed by atoms with Crippen LogP contribution in [0.5, 0.6) is 0 Å². The third kappa shape index (κ3) is 6.98. The van der Waals surface area contributed by atoms with E-state index >= 15 is 0 Å². The Morgan fingerprint density at radius 1 is 1.71 bits per heavy atom. The maximum Gasteiger partial charge on any atom is 1.00 e. The first kappa shape index (κ1) is 10.9. The van der Waals surface area contributed by atoms with Gasteiger partial charge in [0.1, 0.15) is 0 Å². The van der Waals surface area contributed by atoms with Gasteiger partial charge in [-0.1, -0.05) is 18.9 Å². The Morgan fingerprint density at radius 3 is 2.14 bits per heavy atom. The molecule has 2 nitrogen and oxygen atoms in total. The number of hydrogen-bond donors (Lipinski definition) is 1. The largest absolute Gasteiger partial charge is 1.00 e. The molecule has 36 valence electrons. The van der Waals surface area contributed by atoms with E-state index in [4.69, 9.17) is 5.73 Å². The maximum atomic E-state index is 5.17. The second-order valence-corrected chi connectivity index (χ2v) is 0.937. The summed E-state index contributed by atoms with van der Waals surface area (Å²) in [5.74, 6) is 0.593. The van der Waals surface area contributed by atoms with Gasteiger partial charge in [-0.2, -0.15) is 0 Å². The zero-order valence-electron chi connectivity index (χ0n) is 5.10. The Balaban J connectivity index is 0. The molecule has 0 aliphatic carbocycles. The summed E-state index contributed by atoms with van der Waals surface area (Å²) in [4.78, 5) is 0. The van der Waals surface area contributed by atoms with Crippen LogP contribution in [0.15, 0.2) is 11.9 Å². The zero-order chi connectivity index (χ0) is 4.99. The van der Waals surface area contributed by atoms with E-state index in [0.717, 1.165) is 0 Å². The van der Waals surface area contributed by atoms with E-state index in [-0.39, 0.29) is 51.4 Å². The SMILES string of the molecule is C/C=C(/N)[N-]C.[K+]. The zero-order valence-corrected chi connectivity index (χ0v) is 8.23. The predicted octanol–water partition coefficient (Wildman–Crippen LogP) is -2.19. The minimum atomic E-state index is 0. The second-order valence-electron chi connectivity index (χ2n) is 0.937. The standard InChI is InChI=1S/C4H9N2.K/c1-3-4(5)6-2;/h3H,5H2,1-2H3;/q-1;+1/b4-3-;. The molecule has 0 aliphatic rings. The molecular formula is C4H9KN2. The van der Waals surface area contributed by atoms with Crippen LogP contribution in [-0.2, 0) is 0 Å². The summed E-state index contributed by atoms with van der Waals surface area (Å²) in [6.07, 6.45) is 1.75. The summed E-state index contributed by atoms with van der Waals surface area (Å²) in [6.45, 7) is 1.85. The number of nitrogens with two attached hydrogens (primary N) is 1. The predicted molar refractivity (Wildman–Crippen MR) is 27.2 cm³/mol. The molecule has 0 aromatic carbocycles. The number of rotatable bonds is 1. The monoisotopic (exact) mass is 124 g/mol. The van der Waals surface area contributed by atoms with Crippen molar-refractivity contribution >= 4 is 0 Å². The van der Waals surface area contributed by atoms with Crippen molar-refractivity contribution in [3.63, 3.8) is 0 Å². The molecule has 0 heterocycles. The Labute approximate surface area is 87.0 Å². The molecule has 0 unspecified atom stereocenters. The van der Waals surface area contributed by atoms with Gasteiger partial charge in [0, 0.05) is 0 Å². The normalized spacial score (nSPS) is 9.71. The van der Waals surface area contributed by atoms with Crippen LogP contribution in [-0.4, -0.2) is 7.05 Å². The van der Waals surface area contributed by atoms with Crippen molar-refractivity contribution in [2.45, 2.75) is 6.92 Å². The first-order chi connectivity index (χ1) is 2.81. The third-order valence-corrected chi connectivity index (χ3v) is 0.554. The van der Waals surface area contributed by atoms with Crippen molar-refractivity contribution in [1.82, 2.24) is 0 Å². The van der Waals surface area contributed by atoms with E-state index in [0.29, 0.717) is 5.82 Å². The molecule has 0 fully saturated rings. The number of hydrogen-bond acceptors (Lipinski definition) is 1. The second kappa shape index (κ2) is 6.98. The average Bonchev–Trinajstić information content (AvgIpc) is 1.65. The van der Waals surface area contributed by atoms with Crippen LogP contribution in [0, 0.1) is 0 Å². The average molecular weight is 124 g/mol. The molecule has 0 aromatic rings. The van der Waals surface area contributed by atoms with E-state index < -0.39 is 0 Å². The topological polar surface area (TPSA) is 40.1 Å². The summed E-state index contributed by atoms with van der Waals surface area (Å²) in [6, 6.07) is 0. The molecule has 3 heteroatoms. The van der Waals surface area contributed by atoms with E-state index in [1.54, 1.807) is 13.1 Å². The van der Waals surface area contributed by atoms with Crippen molar-refractivity contribution in [2.75, 3.05) is 7.05 Å². The summed E-state index contributed by atoms with van der Waals surface area (Å²) in [5, 5.41) is 3.65. The van der Waals surface area contributed by atoms with Gasteiger partial charge in [-0.3, -0.25) is 0 Å². The van der Waals surface area contributed by atoms with Crippen molar-refractivity contribution in [3.05, 3.63) is 17.2 Å². The van der Waals surface area contributed by atoms with Crippen LogP contribution in [0.1, 0.15) is 6.92 Å². The first-order valence-electron chi connectivity index (χ1n) is 1.83. The summed E-state index contributed by atoms with van der Waals surface area (Å²) >= 11 is 0. The van der Waals surface area contributed by atoms with Gasteiger partial charge in [0.05, 0.1) is 0 Å². The minimum Gasteiger partial charge on any atom is -0.495 e. The van der Waals surface area contributed by atoms with Crippen molar-refractivity contribution in [3.8, 4) is 0 Å². The van der Waals surface area contributed by atoms with Crippen molar-refractivity contribution in [2.24, 2.45) is 5.73 Å². The van der Waals surface area contributed by atoms with E-state index in [1.165, 1.54) is 0 Å². The first-order valence-corrected chi connectivity index (χ1v) is 1.83. The smallest absolute Gasteiger partial charge is 0.495 e. The van der Waals surface area contributed by atoms with Gasteiger partial charge in [-0.25, -0.2) is 0 Å². The van der Waals surface area contributed by atoms with Crippen LogP contribution in [0.3, 0.4) is 0 Å². The van der Waals surface area contributed by atoms with E-state index in [1.807, 2.05) is 6.92 Å². The number of allylic oxidation sites excluding steroid dienone is 1. The minimum absolute atomic E-state index is 0. The molecule has 0 saturated heterocycles. The fourth-order valence-corrected chi connectivity index (χ4v) is 0.129. The Hall–Kier alpha value is 0.976. The molecule has 0 atom stereocenters. The molecule has 0 aliphatic heterocycles. The summed E-state index contributed by atoms with van der Waals surface area (Å²) < 4.78 is 0. The van der Waals surface area contributed by atoms with Gasteiger partial charge < -0.3 is 11.1 Å². The molecule has 0 saturated carbocycles. The molecule has 0 bridgehead atoms. The molecule has 2 N–H and O–H groups in total. The van der Waals surface area contributed by atoms with Gasteiger partial charge in [0.2, 0.25) is 0 Å². The van der Waals surface area contributed by atoms with Crippen LogP contribution in [0.25, 0.3) is 5.32 Å². The van der Waals surface area contributed by atoms with Crippen LogP contribution < -0.4 is 57.1 Å². The van der Waals surface area contributed by atoms with E-state index in [2.05, 4.69) is 5.32 Å². The molecule has 0 rings (SSSR count). The quantitative estimate of drug-likeness (QED) is 0.396. The molecule has 0 amide bonds. The Kier molecular flexibility index (Phi) is 10.8. The maximum absolute atomic E-state index is 5.17. The Morgan fingerprint density at radius 2 is 2.14 bits per heavy atom. The van der Waals surface area contributed by atoms with Gasteiger partial charge in [-0.05, 0) is 6.92 Å². The van der Waals surface area contributed by atoms with Crippen LogP contribution >= 0.6 is 0 Å². The van der Waals surface area contributed by atoms with Crippen molar-refractivity contribution < 1.29 is 51.4 Å². The summed E-state index contributed by atoms with van der Waals surface area (Å²) in [5.41, 5.74) is 5.17. The fraction of sp³-hybridized carbons (Fsp3) is 0.500. The van der Waals surface area contributed by atoms with Crippen LogP contribution in [0.4, 0.5) is 0 Å². The molecular weight excluding hydrogens is 115 g/mol. The molecule has 0 radical (unpaired) electrons. The van der Waals surface area contributed by atoms with E-state index in [9.17, 15) is 0 Å². The van der Waals surface area contributed by atoms with Gasteiger partial charge >= 0.3 is 51.4 Å². The fourth-order valence-electron chi connectivity index (χ4n) is 0.129. The number of nitrogens with zero attached hydrogens (tertiary/aromatic N) is 1. The Bertz CT molecular complexity index is 60.7. The van der Waals surface area contributed by atoms with Crippen molar-refractivity contribution in [1.29, 1.82) is 0 Å². The summed E-state index contributed by atoms with van der Waals surface area (Å²) in [7, 11) is 1.66. The van der Waals surface area contributed by atoms with Gasteiger partial charge in [-0.15, -0.1) is 0 Å². The third-order valence-electron chi connectivity index (χ3n) is 0.554. The van der Waals surface area contributed by atoms with Gasteiger partial charge in [0.15, 0.2) is 0 Å². The van der Waals surface area contributed by atoms with Crippen LogP contribution in [0.2, 0.25) is 0 Å². The molecule has 0 aromatic heterocycles.